The monoisotopic (exact) mass is 300 g/mol. The minimum atomic E-state index is -0.514. The van der Waals surface area contributed by atoms with Crippen molar-refractivity contribution in [2.75, 3.05) is 10.7 Å². The summed E-state index contributed by atoms with van der Waals surface area (Å²) in [5.41, 5.74) is 7.67. The second-order valence-electron chi connectivity index (χ2n) is 4.63. The number of hydrogen-bond donors (Lipinski definition) is 3. The van der Waals surface area contributed by atoms with Crippen LogP contribution in [0.5, 0.6) is 0 Å². The van der Waals surface area contributed by atoms with Gasteiger partial charge < -0.3 is 10.7 Å². The first-order chi connectivity index (χ1) is 10.6. The Balaban J connectivity index is 2.04. The minimum Gasteiger partial charge on any atom is -0.321 e. The Labute approximate surface area is 127 Å². The Bertz CT molecular complexity index is 674. The highest BCUT2D eigenvalue weighted by atomic mass is 16.6. The third kappa shape index (κ3) is 4.29. The molecule has 0 aliphatic heterocycles. The van der Waals surface area contributed by atoms with E-state index < -0.39 is 4.92 Å². The largest absolute Gasteiger partial charge is 0.321 e. The molecule has 0 saturated heterocycles. The first-order valence-corrected chi connectivity index (χ1v) is 6.65. The lowest BCUT2D eigenvalue weighted by atomic mass is 10.1. The van der Waals surface area contributed by atoms with Gasteiger partial charge in [0.05, 0.1) is 4.92 Å². The molecule has 0 spiro atoms. The van der Waals surface area contributed by atoms with Crippen LogP contribution in [0.25, 0.3) is 0 Å². The molecule has 2 aromatic rings. The molecule has 0 saturated carbocycles. The third-order valence-electron chi connectivity index (χ3n) is 2.87. The number of nitrogens with one attached hydrogen (secondary N) is 3. The molecule has 0 fully saturated rings. The molecule has 1 amide bonds. The maximum atomic E-state index is 11.1. The van der Waals surface area contributed by atoms with E-state index in [0.29, 0.717) is 6.54 Å². The number of amides is 1. The molecule has 2 aromatic carbocycles. The van der Waals surface area contributed by atoms with E-state index in [-0.39, 0.29) is 17.3 Å². The van der Waals surface area contributed by atoms with Gasteiger partial charge in [-0.25, -0.2) is 5.43 Å². The fourth-order valence-electron chi connectivity index (χ4n) is 1.90. The molecule has 0 atom stereocenters. The molecule has 114 valence electrons. The van der Waals surface area contributed by atoms with Crippen molar-refractivity contribution >= 4 is 23.0 Å². The molecule has 7 nitrogen and oxygen atoms in total. The fourth-order valence-corrected chi connectivity index (χ4v) is 1.90. The summed E-state index contributed by atoms with van der Waals surface area (Å²) in [6, 6.07) is 14.2. The van der Waals surface area contributed by atoms with Gasteiger partial charge in [0.2, 0.25) is 5.91 Å². The molecule has 0 aromatic heterocycles. The molecule has 0 radical (unpaired) electrons. The van der Waals surface area contributed by atoms with Crippen LogP contribution in [0.2, 0.25) is 0 Å². The number of hydrazine groups is 1. The number of carbonyl (C=O) groups is 1. The number of hydrogen-bond acceptors (Lipinski definition) is 5. The van der Waals surface area contributed by atoms with Gasteiger partial charge in [0.1, 0.15) is 5.69 Å². The number of benzene rings is 2. The summed E-state index contributed by atoms with van der Waals surface area (Å²) in [5, 5.41) is 13.5. The first-order valence-electron chi connectivity index (χ1n) is 6.65. The van der Waals surface area contributed by atoms with Crippen molar-refractivity contribution in [1.29, 1.82) is 0 Å². The van der Waals surface area contributed by atoms with E-state index >= 15 is 0 Å². The van der Waals surface area contributed by atoms with Crippen LogP contribution >= 0.6 is 0 Å². The second-order valence-corrected chi connectivity index (χ2v) is 4.63. The topological polar surface area (TPSA) is 96.3 Å². The maximum Gasteiger partial charge on any atom is 0.293 e. The van der Waals surface area contributed by atoms with Gasteiger partial charge in [-0.05, 0) is 23.8 Å². The predicted octanol–water partition coefficient (Wildman–Crippen LogP) is 2.67. The lowest BCUT2D eigenvalue weighted by molar-refractivity contribution is -0.384. The summed E-state index contributed by atoms with van der Waals surface area (Å²) in [7, 11) is 0. The zero-order valence-corrected chi connectivity index (χ0v) is 12.0. The summed E-state index contributed by atoms with van der Waals surface area (Å²) in [5.74, 6) is -0.347. The van der Waals surface area contributed by atoms with Crippen LogP contribution in [0, 0.1) is 10.1 Å². The number of nitro benzene ring substituents is 1. The summed E-state index contributed by atoms with van der Waals surface area (Å²) in [4.78, 5) is 21.6. The van der Waals surface area contributed by atoms with Crippen molar-refractivity contribution in [1.82, 2.24) is 5.43 Å². The van der Waals surface area contributed by atoms with Crippen molar-refractivity contribution < 1.29 is 9.72 Å². The Morgan fingerprint density at radius 2 is 1.91 bits per heavy atom. The quantitative estimate of drug-likeness (QED) is 0.563. The number of para-hydroxylation sites is 1. The average molecular weight is 300 g/mol. The number of nitrogens with zero attached hydrogens (tertiary/aromatic N) is 1. The molecule has 22 heavy (non-hydrogen) atoms. The molecular weight excluding hydrogens is 284 g/mol. The molecule has 0 unspecified atom stereocenters. The van der Waals surface area contributed by atoms with Gasteiger partial charge in [0.15, 0.2) is 0 Å². The normalized spacial score (nSPS) is 10.0. The Kier molecular flexibility index (Phi) is 5.05. The third-order valence-corrected chi connectivity index (χ3v) is 2.87. The van der Waals surface area contributed by atoms with Crippen LogP contribution < -0.4 is 16.2 Å². The predicted molar refractivity (Wildman–Crippen MR) is 84.3 cm³/mol. The first kappa shape index (κ1) is 15.5. The minimum absolute atomic E-state index is 0.130. The Morgan fingerprint density at radius 3 is 2.55 bits per heavy atom. The number of rotatable bonds is 6. The number of anilines is 2. The molecule has 3 N–H and O–H groups in total. The molecule has 0 heterocycles. The van der Waals surface area contributed by atoms with Crippen molar-refractivity contribution in [3.63, 3.8) is 0 Å². The Hall–Kier alpha value is -2.93. The van der Waals surface area contributed by atoms with Crippen LogP contribution in [-0.2, 0) is 11.3 Å². The van der Waals surface area contributed by atoms with Gasteiger partial charge in [-0.3, -0.25) is 14.9 Å². The standard InChI is InChI=1S/C15H16N4O3/c1-11(20)17-14-8-7-12(9-15(14)19(21)22)10-16-18-13-5-3-2-4-6-13/h2-9,16,18H,10H2,1H3,(H,17,20). The highest BCUT2D eigenvalue weighted by Gasteiger charge is 2.15. The average Bonchev–Trinajstić information content (AvgIpc) is 2.49. The molecule has 7 heteroatoms. The zero-order chi connectivity index (χ0) is 15.9. The van der Waals surface area contributed by atoms with Gasteiger partial charge in [-0.2, -0.15) is 0 Å². The van der Waals surface area contributed by atoms with Crippen LogP contribution in [-0.4, -0.2) is 10.8 Å². The lowest BCUT2D eigenvalue weighted by Crippen LogP contribution is -2.20. The van der Waals surface area contributed by atoms with E-state index in [0.717, 1.165) is 11.3 Å². The van der Waals surface area contributed by atoms with E-state index in [4.69, 9.17) is 0 Å². The molecular formula is C15H16N4O3. The highest BCUT2D eigenvalue weighted by Crippen LogP contribution is 2.25. The Morgan fingerprint density at radius 1 is 1.18 bits per heavy atom. The number of carbonyl (C=O) groups excluding carboxylic acids is 1. The molecule has 0 bridgehead atoms. The van der Waals surface area contributed by atoms with Gasteiger partial charge in [-0.1, -0.05) is 24.3 Å². The van der Waals surface area contributed by atoms with Crippen molar-refractivity contribution in [2.45, 2.75) is 13.5 Å². The zero-order valence-electron chi connectivity index (χ0n) is 12.0. The van der Waals surface area contributed by atoms with Crippen molar-refractivity contribution in [3.05, 3.63) is 64.2 Å². The summed E-state index contributed by atoms with van der Waals surface area (Å²) in [6.45, 7) is 1.71. The smallest absolute Gasteiger partial charge is 0.293 e. The van der Waals surface area contributed by atoms with Crippen LogP contribution in [0.3, 0.4) is 0 Å². The lowest BCUT2D eigenvalue weighted by Gasteiger charge is -2.09. The van der Waals surface area contributed by atoms with E-state index in [1.807, 2.05) is 30.3 Å². The summed E-state index contributed by atoms with van der Waals surface area (Å²) >= 11 is 0. The second kappa shape index (κ2) is 7.19. The fraction of sp³-hybridized carbons (Fsp3) is 0.133. The summed E-state index contributed by atoms with van der Waals surface area (Å²) < 4.78 is 0. The molecule has 0 aliphatic rings. The van der Waals surface area contributed by atoms with Crippen LogP contribution in [0.1, 0.15) is 12.5 Å². The van der Waals surface area contributed by atoms with Gasteiger partial charge in [0.25, 0.3) is 5.69 Å². The van der Waals surface area contributed by atoms with E-state index in [1.165, 1.54) is 19.1 Å². The highest BCUT2D eigenvalue weighted by molar-refractivity contribution is 5.91. The van der Waals surface area contributed by atoms with E-state index in [2.05, 4.69) is 16.2 Å². The van der Waals surface area contributed by atoms with Crippen LogP contribution in [0.15, 0.2) is 48.5 Å². The number of nitro groups is 1. The SMILES string of the molecule is CC(=O)Nc1ccc(CNNc2ccccc2)cc1[N+](=O)[O-]. The molecule has 2 rings (SSSR count). The van der Waals surface area contributed by atoms with E-state index in [1.54, 1.807) is 6.07 Å². The molecule has 0 aliphatic carbocycles. The van der Waals surface area contributed by atoms with Gasteiger partial charge in [0, 0.05) is 25.2 Å². The summed E-state index contributed by atoms with van der Waals surface area (Å²) in [6.07, 6.45) is 0. The van der Waals surface area contributed by atoms with Gasteiger partial charge >= 0.3 is 0 Å². The van der Waals surface area contributed by atoms with Gasteiger partial charge in [-0.15, -0.1) is 0 Å². The van der Waals surface area contributed by atoms with E-state index in [9.17, 15) is 14.9 Å². The maximum absolute atomic E-state index is 11.1. The van der Waals surface area contributed by atoms with Crippen LogP contribution in [0.4, 0.5) is 17.1 Å². The van der Waals surface area contributed by atoms with Crippen molar-refractivity contribution in [2.24, 2.45) is 0 Å². The van der Waals surface area contributed by atoms with Crippen molar-refractivity contribution in [3.8, 4) is 0 Å².